The van der Waals surface area contributed by atoms with Gasteiger partial charge in [0, 0.05) is 26.2 Å². The summed E-state index contributed by atoms with van der Waals surface area (Å²) in [5.74, 6) is -0.726. The number of likely N-dealkylation sites (tertiary alicyclic amines) is 2. The van der Waals surface area contributed by atoms with Crippen LogP contribution in [0.4, 0.5) is 0 Å². The fraction of sp³-hybridized carbons (Fsp3) is 0.348. The topological polar surface area (TPSA) is 57.7 Å². The molecule has 2 aromatic rings. The largest absolute Gasteiger partial charge is 0.339 e. The van der Waals surface area contributed by atoms with Crippen LogP contribution in [0.5, 0.6) is 0 Å². The molecule has 2 amide bonds. The number of hydrogen-bond acceptors (Lipinski definition) is 3. The summed E-state index contributed by atoms with van der Waals surface area (Å²) in [4.78, 5) is 43.0. The zero-order chi connectivity index (χ0) is 21.4. The predicted octanol–water partition coefficient (Wildman–Crippen LogP) is 2.59. The van der Waals surface area contributed by atoms with Gasteiger partial charge in [-0.2, -0.15) is 0 Å². The van der Waals surface area contributed by atoms with Crippen molar-refractivity contribution in [3.8, 4) is 0 Å². The van der Waals surface area contributed by atoms with Crippen molar-refractivity contribution in [2.45, 2.75) is 10.8 Å². The number of fused-ring (bicyclic) bond motifs is 2. The van der Waals surface area contributed by atoms with E-state index in [1.165, 1.54) is 0 Å². The minimum atomic E-state index is -1.04. The molecule has 0 atom stereocenters. The van der Waals surface area contributed by atoms with Crippen LogP contribution in [0.1, 0.15) is 11.1 Å². The monoisotopic (exact) mass is 444 g/mol. The number of hydrogen-bond donors (Lipinski definition) is 0. The van der Waals surface area contributed by atoms with Gasteiger partial charge in [-0.3, -0.25) is 14.4 Å². The van der Waals surface area contributed by atoms with Gasteiger partial charge in [-0.05, 0) is 11.1 Å². The van der Waals surface area contributed by atoms with Crippen LogP contribution in [0.15, 0.2) is 60.7 Å². The van der Waals surface area contributed by atoms with Crippen molar-refractivity contribution in [1.82, 2.24) is 9.80 Å². The highest BCUT2D eigenvalue weighted by atomic mass is 35.5. The van der Waals surface area contributed by atoms with Gasteiger partial charge >= 0.3 is 0 Å². The lowest BCUT2D eigenvalue weighted by Gasteiger charge is -2.57. The molecule has 2 aromatic carbocycles. The third-order valence-electron chi connectivity index (χ3n) is 6.30. The summed E-state index contributed by atoms with van der Waals surface area (Å²) in [6, 6.07) is 18.8. The molecule has 2 heterocycles. The van der Waals surface area contributed by atoms with Crippen LogP contribution in [0, 0.1) is 0 Å². The lowest BCUT2D eigenvalue weighted by atomic mass is 9.57. The van der Waals surface area contributed by atoms with E-state index >= 15 is 0 Å². The molecule has 2 bridgehead atoms. The van der Waals surface area contributed by atoms with E-state index in [4.69, 9.17) is 23.2 Å². The van der Waals surface area contributed by atoms with E-state index in [1.54, 1.807) is 9.80 Å². The van der Waals surface area contributed by atoms with Crippen molar-refractivity contribution < 1.29 is 14.4 Å². The number of rotatable bonds is 4. The van der Waals surface area contributed by atoms with Crippen molar-refractivity contribution in [3.63, 3.8) is 0 Å². The van der Waals surface area contributed by atoms with Gasteiger partial charge in [0.05, 0.1) is 10.8 Å². The molecule has 0 saturated carbocycles. The lowest BCUT2D eigenvalue weighted by Crippen LogP contribution is -2.75. The minimum absolute atomic E-state index is 0.0321. The summed E-state index contributed by atoms with van der Waals surface area (Å²) in [5, 5.41) is 0. The maximum atomic E-state index is 14.2. The van der Waals surface area contributed by atoms with Gasteiger partial charge in [-0.25, -0.2) is 0 Å². The first-order valence-corrected chi connectivity index (χ1v) is 10.9. The number of ketones is 1. The van der Waals surface area contributed by atoms with Crippen LogP contribution in [-0.2, 0) is 25.2 Å². The molecule has 2 aliphatic heterocycles. The lowest BCUT2D eigenvalue weighted by molar-refractivity contribution is -0.153. The first-order chi connectivity index (χ1) is 14.5. The van der Waals surface area contributed by atoms with Gasteiger partial charge < -0.3 is 9.80 Å². The zero-order valence-corrected chi connectivity index (χ0v) is 17.9. The van der Waals surface area contributed by atoms with Crippen LogP contribution in [0.2, 0.25) is 0 Å². The molecule has 0 aliphatic carbocycles. The number of benzene rings is 2. The fourth-order valence-corrected chi connectivity index (χ4v) is 5.26. The molecule has 0 aromatic heterocycles. The smallest absolute Gasteiger partial charge is 0.237 e. The maximum absolute atomic E-state index is 14.2. The zero-order valence-electron chi connectivity index (χ0n) is 16.4. The van der Waals surface area contributed by atoms with Crippen molar-refractivity contribution in [2.75, 3.05) is 37.9 Å². The number of piperidine rings is 2. The number of alkyl halides is 2. The summed E-state index contributed by atoms with van der Waals surface area (Å²) in [6.07, 6.45) is 0. The molecule has 156 valence electrons. The van der Waals surface area contributed by atoms with Crippen LogP contribution in [0.3, 0.4) is 0 Å². The van der Waals surface area contributed by atoms with E-state index < -0.39 is 10.8 Å². The highest BCUT2D eigenvalue weighted by Crippen LogP contribution is 2.46. The standard InChI is InChI=1S/C23H22Cl2N2O3/c24-11-19(28)26-13-22(17-7-3-1-4-8-17)14-27(20(29)12-25)16-23(15-26,21(22)30)18-9-5-2-6-10-18/h1-10H,11-16H2. The summed E-state index contributed by atoms with van der Waals surface area (Å²) < 4.78 is 0. The number of carbonyl (C=O) groups is 3. The SMILES string of the molecule is O=C(CCl)N1CC2(c3ccccc3)CN(C(=O)CCl)CC(c3ccccc3)(C1)C2=O. The van der Waals surface area contributed by atoms with Gasteiger partial charge in [0.25, 0.3) is 0 Å². The Morgan fingerprint density at radius 2 is 1.03 bits per heavy atom. The molecule has 0 radical (unpaired) electrons. The highest BCUT2D eigenvalue weighted by Gasteiger charge is 2.62. The molecular weight excluding hydrogens is 423 g/mol. The number of amides is 2. The van der Waals surface area contributed by atoms with Crippen molar-refractivity contribution >= 4 is 40.8 Å². The Hall–Kier alpha value is -2.37. The maximum Gasteiger partial charge on any atom is 0.237 e. The molecule has 0 unspecified atom stereocenters. The molecule has 2 aliphatic rings. The Bertz CT molecular complexity index is 875. The Morgan fingerprint density at radius 1 is 0.700 bits per heavy atom. The quantitative estimate of drug-likeness (QED) is 0.680. The van der Waals surface area contributed by atoms with Crippen LogP contribution >= 0.6 is 23.2 Å². The van der Waals surface area contributed by atoms with E-state index in [0.717, 1.165) is 11.1 Å². The van der Waals surface area contributed by atoms with Gasteiger partial charge in [0.15, 0.2) is 5.78 Å². The second kappa shape index (κ2) is 8.05. The molecule has 30 heavy (non-hydrogen) atoms. The summed E-state index contributed by atoms with van der Waals surface area (Å²) in [7, 11) is 0. The number of Topliss-reactive ketones (excluding diaryl/α,β-unsaturated/α-hetero) is 1. The van der Waals surface area contributed by atoms with Crippen LogP contribution < -0.4 is 0 Å². The second-order valence-electron chi connectivity index (χ2n) is 7.99. The predicted molar refractivity (Wildman–Crippen MR) is 116 cm³/mol. The Morgan fingerprint density at radius 3 is 1.33 bits per heavy atom. The van der Waals surface area contributed by atoms with Crippen molar-refractivity contribution in [2.24, 2.45) is 0 Å². The minimum Gasteiger partial charge on any atom is -0.339 e. The van der Waals surface area contributed by atoms with Gasteiger partial charge in [0.1, 0.15) is 11.8 Å². The molecule has 4 rings (SSSR count). The van der Waals surface area contributed by atoms with E-state index in [1.807, 2.05) is 60.7 Å². The molecule has 2 fully saturated rings. The van der Waals surface area contributed by atoms with Crippen LogP contribution in [0.25, 0.3) is 0 Å². The average molecular weight is 445 g/mol. The number of nitrogens with zero attached hydrogens (tertiary/aromatic N) is 2. The van der Waals surface area contributed by atoms with Gasteiger partial charge in [0.2, 0.25) is 11.8 Å². The first kappa shape index (κ1) is 20.9. The Kier molecular flexibility index (Phi) is 5.60. The molecular formula is C23H22Cl2N2O3. The van der Waals surface area contributed by atoms with Gasteiger partial charge in [-0.15, -0.1) is 23.2 Å². The van der Waals surface area contributed by atoms with Crippen molar-refractivity contribution in [1.29, 1.82) is 0 Å². The first-order valence-electron chi connectivity index (χ1n) is 9.80. The molecule has 0 N–H and O–H groups in total. The van der Waals surface area contributed by atoms with E-state index in [0.29, 0.717) is 0 Å². The third kappa shape index (κ3) is 3.21. The molecule has 2 saturated heterocycles. The number of carbonyl (C=O) groups excluding carboxylic acids is 3. The second-order valence-corrected chi connectivity index (χ2v) is 8.53. The summed E-state index contributed by atoms with van der Waals surface area (Å²) in [5.41, 5.74) is -0.516. The van der Waals surface area contributed by atoms with Crippen molar-refractivity contribution in [3.05, 3.63) is 71.8 Å². The normalized spacial score (nSPS) is 25.9. The van der Waals surface area contributed by atoms with E-state index in [-0.39, 0.29) is 55.5 Å². The van der Waals surface area contributed by atoms with E-state index in [2.05, 4.69) is 0 Å². The number of halogens is 2. The van der Waals surface area contributed by atoms with E-state index in [9.17, 15) is 14.4 Å². The Labute approximate surface area is 185 Å². The third-order valence-corrected chi connectivity index (χ3v) is 6.76. The molecule has 5 nitrogen and oxygen atoms in total. The summed E-state index contributed by atoms with van der Waals surface area (Å²) in [6.45, 7) is 0.730. The highest BCUT2D eigenvalue weighted by molar-refractivity contribution is 6.28. The summed E-state index contributed by atoms with van der Waals surface area (Å²) >= 11 is 11.8. The molecule has 7 heteroatoms. The Balaban J connectivity index is 1.95. The van der Waals surface area contributed by atoms with Crippen LogP contribution in [-0.4, -0.2) is 65.3 Å². The average Bonchev–Trinajstić information content (AvgIpc) is 2.79. The van der Waals surface area contributed by atoms with Gasteiger partial charge in [-0.1, -0.05) is 60.7 Å². The fourth-order valence-electron chi connectivity index (χ4n) is 4.92. The molecule has 0 spiro atoms.